The Labute approximate surface area is 121 Å². The third-order valence-electron chi connectivity index (χ3n) is 3.43. The van der Waals surface area contributed by atoms with E-state index in [9.17, 15) is 4.79 Å². The topological polar surface area (TPSA) is 55.6 Å². The Bertz CT molecular complexity index is 421. The summed E-state index contributed by atoms with van der Waals surface area (Å²) in [6, 6.07) is 7.71. The van der Waals surface area contributed by atoms with Gasteiger partial charge >= 0.3 is 0 Å². The standard InChI is InChI=1S/C16H26N2O2/c1-4-11-18(16(19)10-9-13(2)20-3)12-14-7-5-6-8-15(14)17/h5-8,13H,4,9-12,17H2,1-3H3. The molecule has 2 N–H and O–H groups in total. The van der Waals surface area contributed by atoms with Crippen LogP contribution in [0.5, 0.6) is 0 Å². The van der Waals surface area contributed by atoms with E-state index in [1.54, 1.807) is 7.11 Å². The van der Waals surface area contributed by atoms with Crippen molar-refractivity contribution < 1.29 is 9.53 Å². The number of nitrogens with two attached hydrogens (primary N) is 1. The highest BCUT2D eigenvalue weighted by Gasteiger charge is 2.15. The molecule has 1 rings (SSSR count). The number of amides is 1. The molecular weight excluding hydrogens is 252 g/mol. The van der Waals surface area contributed by atoms with E-state index >= 15 is 0 Å². The highest BCUT2D eigenvalue weighted by atomic mass is 16.5. The number of carbonyl (C=O) groups is 1. The third-order valence-corrected chi connectivity index (χ3v) is 3.43. The zero-order valence-corrected chi connectivity index (χ0v) is 12.8. The molecule has 4 nitrogen and oxygen atoms in total. The smallest absolute Gasteiger partial charge is 0.222 e. The molecule has 1 aromatic carbocycles. The molecule has 0 saturated heterocycles. The summed E-state index contributed by atoms with van der Waals surface area (Å²) in [6.45, 7) is 5.40. The molecule has 112 valence electrons. The van der Waals surface area contributed by atoms with Crippen molar-refractivity contribution in [1.29, 1.82) is 0 Å². The van der Waals surface area contributed by atoms with Gasteiger partial charge in [-0.2, -0.15) is 0 Å². The monoisotopic (exact) mass is 278 g/mol. The number of para-hydroxylation sites is 1. The number of methoxy groups -OCH3 is 1. The summed E-state index contributed by atoms with van der Waals surface area (Å²) in [5.74, 6) is 0.166. The zero-order chi connectivity index (χ0) is 15.0. The van der Waals surface area contributed by atoms with Crippen LogP contribution >= 0.6 is 0 Å². The normalized spacial score (nSPS) is 12.2. The van der Waals surface area contributed by atoms with Gasteiger partial charge in [0, 0.05) is 32.3 Å². The molecule has 1 amide bonds. The Hall–Kier alpha value is -1.55. The maximum atomic E-state index is 12.3. The van der Waals surface area contributed by atoms with Gasteiger partial charge in [-0.1, -0.05) is 25.1 Å². The molecule has 1 unspecified atom stereocenters. The average molecular weight is 278 g/mol. The fourth-order valence-electron chi connectivity index (χ4n) is 2.05. The number of ether oxygens (including phenoxy) is 1. The molecule has 0 radical (unpaired) electrons. The van der Waals surface area contributed by atoms with Crippen LogP contribution < -0.4 is 5.73 Å². The molecule has 0 bridgehead atoms. The molecular formula is C16H26N2O2. The Kier molecular flexibility index (Phi) is 7.09. The Morgan fingerprint density at radius 1 is 1.40 bits per heavy atom. The van der Waals surface area contributed by atoms with Crippen molar-refractivity contribution in [1.82, 2.24) is 4.90 Å². The summed E-state index contributed by atoms with van der Waals surface area (Å²) in [6.07, 6.45) is 2.32. The first kappa shape index (κ1) is 16.5. The van der Waals surface area contributed by atoms with Crippen LogP contribution in [-0.2, 0) is 16.1 Å². The van der Waals surface area contributed by atoms with E-state index in [-0.39, 0.29) is 12.0 Å². The van der Waals surface area contributed by atoms with Crippen molar-refractivity contribution in [3.63, 3.8) is 0 Å². The lowest BCUT2D eigenvalue weighted by Gasteiger charge is -2.23. The first-order valence-electron chi connectivity index (χ1n) is 7.22. The molecule has 20 heavy (non-hydrogen) atoms. The molecule has 0 heterocycles. The summed E-state index contributed by atoms with van der Waals surface area (Å²) in [7, 11) is 1.67. The van der Waals surface area contributed by atoms with Crippen molar-refractivity contribution >= 4 is 11.6 Å². The molecule has 1 atom stereocenters. The predicted octanol–water partition coefficient (Wildman–Crippen LogP) is 2.82. The molecule has 4 heteroatoms. The van der Waals surface area contributed by atoms with Gasteiger partial charge in [-0.3, -0.25) is 4.79 Å². The third kappa shape index (κ3) is 5.21. The molecule has 0 aromatic heterocycles. The summed E-state index contributed by atoms with van der Waals surface area (Å²) in [5, 5.41) is 0. The van der Waals surface area contributed by atoms with Crippen LogP contribution in [0.15, 0.2) is 24.3 Å². The van der Waals surface area contributed by atoms with Crippen molar-refractivity contribution in [2.24, 2.45) is 0 Å². The highest BCUT2D eigenvalue weighted by molar-refractivity contribution is 5.76. The Balaban J connectivity index is 2.64. The fourth-order valence-corrected chi connectivity index (χ4v) is 2.05. The number of benzene rings is 1. The minimum absolute atomic E-state index is 0.115. The van der Waals surface area contributed by atoms with E-state index in [0.29, 0.717) is 13.0 Å². The molecule has 0 aliphatic heterocycles. The van der Waals surface area contributed by atoms with Crippen LogP contribution in [0.4, 0.5) is 5.69 Å². The quantitative estimate of drug-likeness (QED) is 0.744. The summed E-state index contributed by atoms with van der Waals surface area (Å²) in [5.41, 5.74) is 7.70. The summed E-state index contributed by atoms with van der Waals surface area (Å²) >= 11 is 0. The SMILES string of the molecule is CCCN(Cc1ccccc1N)C(=O)CCC(C)OC. The van der Waals surface area contributed by atoms with Gasteiger partial charge in [0.25, 0.3) is 0 Å². The zero-order valence-electron chi connectivity index (χ0n) is 12.8. The average Bonchev–Trinajstić information content (AvgIpc) is 2.46. The lowest BCUT2D eigenvalue weighted by Crippen LogP contribution is -2.32. The summed E-state index contributed by atoms with van der Waals surface area (Å²) < 4.78 is 5.19. The van der Waals surface area contributed by atoms with Crippen LogP contribution in [0, 0.1) is 0 Å². The van der Waals surface area contributed by atoms with E-state index in [2.05, 4.69) is 6.92 Å². The minimum Gasteiger partial charge on any atom is -0.398 e. The number of nitrogens with zero attached hydrogens (tertiary/aromatic N) is 1. The summed E-state index contributed by atoms with van der Waals surface area (Å²) in [4.78, 5) is 14.2. The second kappa shape index (κ2) is 8.59. The maximum absolute atomic E-state index is 12.3. The van der Waals surface area contributed by atoms with Gasteiger partial charge in [0.05, 0.1) is 6.10 Å². The van der Waals surface area contributed by atoms with E-state index in [0.717, 1.165) is 30.6 Å². The number of carbonyl (C=O) groups excluding carboxylic acids is 1. The fraction of sp³-hybridized carbons (Fsp3) is 0.562. The minimum atomic E-state index is 0.115. The van der Waals surface area contributed by atoms with Gasteiger partial charge in [-0.05, 0) is 31.4 Å². The Morgan fingerprint density at radius 2 is 2.10 bits per heavy atom. The first-order valence-corrected chi connectivity index (χ1v) is 7.22. The second-order valence-corrected chi connectivity index (χ2v) is 5.10. The van der Waals surface area contributed by atoms with E-state index in [1.165, 1.54) is 0 Å². The van der Waals surface area contributed by atoms with Crippen LogP contribution in [0.3, 0.4) is 0 Å². The van der Waals surface area contributed by atoms with E-state index in [4.69, 9.17) is 10.5 Å². The molecule has 0 aliphatic carbocycles. The maximum Gasteiger partial charge on any atom is 0.222 e. The number of hydrogen-bond donors (Lipinski definition) is 1. The first-order chi connectivity index (χ1) is 9.58. The second-order valence-electron chi connectivity index (χ2n) is 5.10. The van der Waals surface area contributed by atoms with Crippen LogP contribution in [0.25, 0.3) is 0 Å². The number of hydrogen-bond acceptors (Lipinski definition) is 3. The number of nitrogen functional groups attached to an aromatic ring is 1. The van der Waals surface area contributed by atoms with Crippen LogP contribution in [-0.4, -0.2) is 30.6 Å². The van der Waals surface area contributed by atoms with Gasteiger partial charge < -0.3 is 15.4 Å². The lowest BCUT2D eigenvalue weighted by atomic mass is 10.1. The largest absolute Gasteiger partial charge is 0.398 e. The highest BCUT2D eigenvalue weighted by Crippen LogP contribution is 2.15. The van der Waals surface area contributed by atoms with Gasteiger partial charge in [0.15, 0.2) is 0 Å². The van der Waals surface area contributed by atoms with Crippen LogP contribution in [0.2, 0.25) is 0 Å². The van der Waals surface area contributed by atoms with Crippen molar-refractivity contribution in [3.8, 4) is 0 Å². The van der Waals surface area contributed by atoms with Crippen molar-refractivity contribution in [3.05, 3.63) is 29.8 Å². The van der Waals surface area contributed by atoms with E-state index in [1.807, 2.05) is 36.1 Å². The predicted molar refractivity (Wildman–Crippen MR) is 82.3 cm³/mol. The van der Waals surface area contributed by atoms with E-state index < -0.39 is 0 Å². The van der Waals surface area contributed by atoms with Gasteiger partial charge in [0.1, 0.15) is 0 Å². The van der Waals surface area contributed by atoms with Crippen molar-refractivity contribution in [2.45, 2.75) is 45.8 Å². The van der Waals surface area contributed by atoms with Crippen molar-refractivity contribution in [2.75, 3.05) is 19.4 Å². The lowest BCUT2D eigenvalue weighted by molar-refractivity contribution is -0.132. The molecule has 0 aliphatic rings. The molecule has 0 fully saturated rings. The molecule has 1 aromatic rings. The Morgan fingerprint density at radius 3 is 2.70 bits per heavy atom. The number of rotatable bonds is 8. The molecule has 0 spiro atoms. The van der Waals surface area contributed by atoms with Gasteiger partial charge in [-0.25, -0.2) is 0 Å². The van der Waals surface area contributed by atoms with Gasteiger partial charge in [0.2, 0.25) is 5.91 Å². The van der Waals surface area contributed by atoms with Crippen LogP contribution in [0.1, 0.15) is 38.7 Å². The molecule has 0 saturated carbocycles. The number of anilines is 1. The van der Waals surface area contributed by atoms with Gasteiger partial charge in [-0.15, -0.1) is 0 Å².